The average Bonchev–Trinajstić information content (AvgIpc) is 2.76. The standard InChI is InChI=1S/C13H25N3S/c1-5-12-10-17-13(15-12)14-8-6-7-9-16(4)11(2)3/h10-11H,5-9H2,1-4H3,(H,14,15). The highest BCUT2D eigenvalue weighted by atomic mass is 32.1. The molecular weight excluding hydrogens is 230 g/mol. The van der Waals surface area contributed by atoms with Gasteiger partial charge in [-0.1, -0.05) is 6.92 Å². The molecule has 98 valence electrons. The van der Waals surface area contributed by atoms with Gasteiger partial charge in [-0.3, -0.25) is 0 Å². The summed E-state index contributed by atoms with van der Waals surface area (Å²) in [5.74, 6) is 0. The molecule has 1 heterocycles. The van der Waals surface area contributed by atoms with Gasteiger partial charge < -0.3 is 10.2 Å². The quantitative estimate of drug-likeness (QED) is 0.723. The van der Waals surface area contributed by atoms with Crippen LogP contribution in [0.2, 0.25) is 0 Å². The number of nitrogens with one attached hydrogen (secondary N) is 1. The summed E-state index contributed by atoms with van der Waals surface area (Å²) in [6.45, 7) is 8.82. The maximum Gasteiger partial charge on any atom is 0.182 e. The van der Waals surface area contributed by atoms with Crippen molar-refractivity contribution in [2.45, 2.75) is 46.1 Å². The zero-order chi connectivity index (χ0) is 12.7. The summed E-state index contributed by atoms with van der Waals surface area (Å²) in [6, 6.07) is 0.647. The highest BCUT2D eigenvalue weighted by molar-refractivity contribution is 7.13. The number of unbranched alkanes of at least 4 members (excludes halogenated alkanes) is 1. The average molecular weight is 255 g/mol. The number of rotatable bonds is 8. The summed E-state index contributed by atoms with van der Waals surface area (Å²) in [5, 5.41) is 6.59. The number of aromatic nitrogens is 1. The van der Waals surface area contributed by atoms with Crippen LogP contribution in [0.3, 0.4) is 0 Å². The van der Waals surface area contributed by atoms with Crippen LogP contribution in [0.1, 0.15) is 39.3 Å². The molecule has 4 heteroatoms. The van der Waals surface area contributed by atoms with Crippen molar-refractivity contribution in [3.05, 3.63) is 11.1 Å². The van der Waals surface area contributed by atoms with E-state index in [4.69, 9.17) is 0 Å². The zero-order valence-corrected chi connectivity index (χ0v) is 12.3. The Bertz CT molecular complexity index is 309. The molecule has 17 heavy (non-hydrogen) atoms. The second-order valence-electron chi connectivity index (χ2n) is 4.71. The predicted molar refractivity (Wildman–Crippen MR) is 77.0 cm³/mol. The van der Waals surface area contributed by atoms with E-state index in [2.05, 4.69) is 48.4 Å². The lowest BCUT2D eigenvalue weighted by atomic mass is 10.2. The van der Waals surface area contributed by atoms with Crippen molar-refractivity contribution in [2.24, 2.45) is 0 Å². The highest BCUT2D eigenvalue weighted by Crippen LogP contribution is 2.15. The van der Waals surface area contributed by atoms with Crippen molar-refractivity contribution in [3.63, 3.8) is 0 Å². The molecule has 3 nitrogen and oxygen atoms in total. The minimum Gasteiger partial charge on any atom is -0.362 e. The Morgan fingerprint density at radius 1 is 1.41 bits per heavy atom. The predicted octanol–water partition coefficient (Wildman–Crippen LogP) is 3.24. The van der Waals surface area contributed by atoms with Gasteiger partial charge in [-0.25, -0.2) is 4.98 Å². The van der Waals surface area contributed by atoms with E-state index in [-0.39, 0.29) is 0 Å². The first-order chi connectivity index (χ1) is 8.13. The molecule has 0 bridgehead atoms. The van der Waals surface area contributed by atoms with E-state index >= 15 is 0 Å². The molecule has 0 aliphatic carbocycles. The number of nitrogens with zero attached hydrogens (tertiary/aromatic N) is 2. The molecule has 0 fully saturated rings. The number of hydrogen-bond donors (Lipinski definition) is 1. The fourth-order valence-electron chi connectivity index (χ4n) is 1.49. The van der Waals surface area contributed by atoms with E-state index < -0.39 is 0 Å². The van der Waals surface area contributed by atoms with Crippen LogP contribution in [0.15, 0.2) is 5.38 Å². The third kappa shape index (κ3) is 5.50. The maximum atomic E-state index is 4.49. The van der Waals surface area contributed by atoms with Crippen molar-refractivity contribution >= 4 is 16.5 Å². The van der Waals surface area contributed by atoms with Gasteiger partial charge in [-0.05, 0) is 46.7 Å². The lowest BCUT2D eigenvalue weighted by molar-refractivity contribution is 0.269. The van der Waals surface area contributed by atoms with Gasteiger partial charge in [0.25, 0.3) is 0 Å². The van der Waals surface area contributed by atoms with Crippen LogP contribution in [0.4, 0.5) is 5.13 Å². The summed E-state index contributed by atoms with van der Waals surface area (Å²) in [5.41, 5.74) is 1.19. The van der Waals surface area contributed by atoms with Gasteiger partial charge in [0.05, 0.1) is 5.69 Å². The molecule has 1 aromatic rings. The zero-order valence-electron chi connectivity index (χ0n) is 11.5. The Kier molecular flexibility index (Phi) is 6.52. The lowest BCUT2D eigenvalue weighted by Gasteiger charge is -2.20. The van der Waals surface area contributed by atoms with Crippen molar-refractivity contribution in [2.75, 3.05) is 25.5 Å². The summed E-state index contributed by atoms with van der Waals surface area (Å²) in [6.07, 6.45) is 3.48. The van der Waals surface area contributed by atoms with Crippen LogP contribution in [-0.2, 0) is 6.42 Å². The minimum absolute atomic E-state index is 0.647. The van der Waals surface area contributed by atoms with Crippen molar-refractivity contribution < 1.29 is 0 Å². The summed E-state index contributed by atoms with van der Waals surface area (Å²) >= 11 is 1.71. The van der Waals surface area contributed by atoms with Crippen LogP contribution in [0.25, 0.3) is 0 Å². The number of thiazole rings is 1. The number of aryl methyl sites for hydroxylation is 1. The van der Waals surface area contributed by atoms with Crippen LogP contribution in [0, 0.1) is 0 Å². The smallest absolute Gasteiger partial charge is 0.182 e. The molecule has 0 saturated carbocycles. The molecule has 0 radical (unpaired) electrons. The molecule has 0 aromatic carbocycles. The first-order valence-electron chi connectivity index (χ1n) is 6.52. The molecule has 1 N–H and O–H groups in total. The maximum absolute atomic E-state index is 4.49. The van der Waals surface area contributed by atoms with E-state index in [0.29, 0.717) is 6.04 Å². The van der Waals surface area contributed by atoms with Crippen LogP contribution in [0.5, 0.6) is 0 Å². The molecule has 0 unspecified atom stereocenters. The van der Waals surface area contributed by atoms with Crippen LogP contribution < -0.4 is 5.32 Å². The molecule has 1 aromatic heterocycles. The van der Waals surface area contributed by atoms with E-state index in [1.807, 2.05) is 0 Å². The third-order valence-corrected chi connectivity index (χ3v) is 3.86. The largest absolute Gasteiger partial charge is 0.362 e. The molecule has 1 rings (SSSR count). The second kappa shape index (κ2) is 7.67. The molecule has 0 amide bonds. The highest BCUT2D eigenvalue weighted by Gasteiger charge is 2.02. The van der Waals surface area contributed by atoms with Gasteiger partial charge >= 0.3 is 0 Å². The van der Waals surface area contributed by atoms with Crippen LogP contribution in [-0.4, -0.2) is 36.1 Å². The molecular formula is C13H25N3S. The molecule has 0 atom stereocenters. The van der Waals surface area contributed by atoms with E-state index in [1.54, 1.807) is 11.3 Å². The van der Waals surface area contributed by atoms with Crippen LogP contribution >= 0.6 is 11.3 Å². The lowest BCUT2D eigenvalue weighted by Crippen LogP contribution is -2.27. The van der Waals surface area contributed by atoms with Gasteiger partial charge in [0.15, 0.2) is 5.13 Å². The van der Waals surface area contributed by atoms with Gasteiger partial charge in [-0.2, -0.15) is 0 Å². The van der Waals surface area contributed by atoms with Crippen molar-refractivity contribution in [1.82, 2.24) is 9.88 Å². The Morgan fingerprint density at radius 2 is 2.18 bits per heavy atom. The molecule has 0 spiro atoms. The van der Waals surface area contributed by atoms with Gasteiger partial charge in [0.1, 0.15) is 0 Å². The summed E-state index contributed by atoms with van der Waals surface area (Å²) in [4.78, 5) is 6.87. The van der Waals surface area contributed by atoms with Gasteiger partial charge in [0, 0.05) is 18.0 Å². The van der Waals surface area contributed by atoms with Crippen molar-refractivity contribution in [3.8, 4) is 0 Å². The molecule has 0 saturated heterocycles. The number of anilines is 1. The van der Waals surface area contributed by atoms with Gasteiger partial charge in [-0.15, -0.1) is 11.3 Å². The fourth-order valence-corrected chi connectivity index (χ4v) is 2.31. The summed E-state index contributed by atoms with van der Waals surface area (Å²) < 4.78 is 0. The Hall–Kier alpha value is -0.610. The molecule has 0 aliphatic rings. The van der Waals surface area contributed by atoms with E-state index in [9.17, 15) is 0 Å². The normalized spacial score (nSPS) is 11.4. The fraction of sp³-hybridized carbons (Fsp3) is 0.769. The first kappa shape index (κ1) is 14.5. The second-order valence-corrected chi connectivity index (χ2v) is 5.56. The topological polar surface area (TPSA) is 28.2 Å². The number of hydrogen-bond acceptors (Lipinski definition) is 4. The van der Waals surface area contributed by atoms with E-state index in [1.165, 1.54) is 25.1 Å². The minimum atomic E-state index is 0.647. The van der Waals surface area contributed by atoms with Gasteiger partial charge in [0.2, 0.25) is 0 Å². The SMILES string of the molecule is CCc1csc(NCCCCN(C)C(C)C)n1. The third-order valence-electron chi connectivity index (χ3n) is 3.01. The first-order valence-corrected chi connectivity index (χ1v) is 7.40. The van der Waals surface area contributed by atoms with Crippen molar-refractivity contribution in [1.29, 1.82) is 0 Å². The molecule has 0 aliphatic heterocycles. The van der Waals surface area contributed by atoms with E-state index in [0.717, 1.165) is 18.1 Å². The Labute approximate surface area is 109 Å². The monoisotopic (exact) mass is 255 g/mol. The Balaban J connectivity index is 2.08. The Morgan fingerprint density at radius 3 is 2.76 bits per heavy atom. The summed E-state index contributed by atoms with van der Waals surface area (Å²) in [7, 11) is 2.19.